The summed E-state index contributed by atoms with van der Waals surface area (Å²) in [5.41, 5.74) is 1.63. The zero-order valence-electron chi connectivity index (χ0n) is 12.0. The summed E-state index contributed by atoms with van der Waals surface area (Å²) in [5, 5.41) is 12.7. The first-order valence-electron chi connectivity index (χ1n) is 7.13. The summed E-state index contributed by atoms with van der Waals surface area (Å²) >= 11 is 0. The zero-order valence-corrected chi connectivity index (χ0v) is 12.0. The summed E-state index contributed by atoms with van der Waals surface area (Å²) in [6.07, 6.45) is -0.484. The Morgan fingerprint density at radius 2 is 1.91 bits per heavy atom. The summed E-state index contributed by atoms with van der Waals surface area (Å²) in [7, 11) is 0. The molecule has 1 unspecified atom stereocenters. The molecule has 0 bridgehead atoms. The number of hydrogen-bond acceptors (Lipinski definition) is 4. The summed E-state index contributed by atoms with van der Waals surface area (Å²) in [6.45, 7) is 0.696. The minimum absolute atomic E-state index is 0.249. The molecule has 1 amide bonds. The highest BCUT2D eigenvalue weighted by atomic mass is 16.7. The van der Waals surface area contributed by atoms with Crippen LogP contribution in [0.1, 0.15) is 17.2 Å². The summed E-state index contributed by atoms with van der Waals surface area (Å²) in [4.78, 5) is 11.9. The standard InChI is InChI=1S/C17H17NO4/c19-16(13-4-2-1-3-5-13)17(20)18-9-8-12-6-7-14-15(10-12)22-11-21-14/h1-7,10,16,19H,8-9,11H2,(H,18,20). The van der Waals surface area contributed by atoms with Gasteiger partial charge in [0.2, 0.25) is 6.79 Å². The Morgan fingerprint density at radius 1 is 1.14 bits per heavy atom. The van der Waals surface area contributed by atoms with Gasteiger partial charge in [-0.25, -0.2) is 0 Å². The van der Waals surface area contributed by atoms with E-state index in [-0.39, 0.29) is 6.79 Å². The molecular formula is C17H17NO4. The van der Waals surface area contributed by atoms with E-state index in [9.17, 15) is 9.90 Å². The van der Waals surface area contributed by atoms with Crippen LogP contribution in [-0.4, -0.2) is 24.4 Å². The monoisotopic (exact) mass is 299 g/mol. The first-order valence-corrected chi connectivity index (χ1v) is 7.13. The highest BCUT2D eigenvalue weighted by Gasteiger charge is 2.17. The van der Waals surface area contributed by atoms with Crippen LogP contribution in [0.5, 0.6) is 11.5 Å². The van der Waals surface area contributed by atoms with E-state index >= 15 is 0 Å². The molecule has 5 heteroatoms. The molecule has 114 valence electrons. The van der Waals surface area contributed by atoms with Gasteiger partial charge in [0.15, 0.2) is 17.6 Å². The van der Waals surface area contributed by atoms with Crippen molar-refractivity contribution in [3.63, 3.8) is 0 Å². The lowest BCUT2D eigenvalue weighted by molar-refractivity contribution is -0.129. The van der Waals surface area contributed by atoms with Gasteiger partial charge in [-0.05, 0) is 29.7 Å². The van der Waals surface area contributed by atoms with Crippen molar-refractivity contribution in [1.82, 2.24) is 5.32 Å². The van der Waals surface area contributed by atoms with Gasteiger partial charge in [-0.3, -0.25) is 4.79 Å². The molecule has 2 N–H and O–H groups in total. The van der Waals surface area contributed by atoms with Crippen LogP contribution >= 0.6 is 0 Å². The highest BCUT2D eigenvalue weighted by molar-refractivity contribution is 5.81. The maximum absolute atomic E-state index is 11.9. The van der Waals surface area contributed by atoms with Crippen molar-refractivity contribution >= 4 is 5.91 Å². The zero-order chi connectivity index (χ0) is 15.4. The number of aliphatic hydroxyl groups excluding tert-OH is 1. The van der Waals surface area contributed by atoms with Crippen molar-refractivity contribution in [2.24, 2.45) is 0 Å². The van der Waals surface area contributed by atoms with Crippen molar-refractivity contribution in [3.8, 4) is 11.5 Å². The molecule has 0 aromatic heterocycles. The minimum Gasteiger partial charge on any atom is -0.454 e. The summed E-state index contributed by atoms with van der Waals surface area (Å²) in [6, 6.07) is 14.6. The number of fused-ring (bicyclic) bond motifs is 1. The van der Waals surface area contributed by atoms with Crippen LogP contribution < -0.4 is 14.8 Å². The van der Waals surface area contributed by atoms with Crippen molar-refractivity contribution in [2.45, 2.75) is 12.5 Å². The molecule has 5 nitrogen and oxygen atoms in total. The molecule has 2 aromatic carbocycles. The van der Waals surface area contributed by atoms with E-state index in [4.69, 9.17) is 9.47 Å². The molecule has 3 rings (SSSR count). The maximum Gasteiger partial charge on any atom is 0.253 e. The molecule has 0 fully saturated rings. The molecule has 0 spiro atoms. The minimum atomic E-state index is -1.14. The molecule has 0 aliphatic carbocycles. The van der Waals surface area contributed by atoms with E-state index in [0.717, 1.165) is 17.1 Å². The van der Waals surface area contributed by atoms with E-state index < -0.39 is 12.0 Å². The first-order chi connectivity index (χ1) is 10.7. The fraction of sp³-hybridized carbons (Fsp3) is 0.235. The van der Waals surface area contributed by atoms with Gasteiger partial charge >= 0.3 is 0 Å². The number of rotatable bonds is 5. The maximum atomic E-state index is 11.9. The van der Waals surface area contributed by atoms with E-state index in [1.165, 1.54) is 0 Å². The fourth-order valence-corrected chi connectivity index (χ4v) is 2.31. The second-order valence-electron chi connectivity index (χ2n) is 5.04. The normalized spacial score (nSPS) is 13.7. The van der Waals surface area contributed by atoms with Gasteiger partial charge in [-0.2, -0.15) is 0 Å². The predicted molar refractivity (Wildman–Crippen MR) is 80.7 cm³/mol. The third-order valence-corrected chi connectivity index (χ3v) is 3.51. The van der Waals surface area contributed by atoms with Gasteiger partial charge in [0.25, 0.3) is 5.91 Å². The SMILES string of the molecule is O=C(NCCc1ccc2c(c1)OCO2)C(O)c1ccccc1. The van der Waals surface area contributed by atoms with Crippen molar-refractivity contribution < 1.29 is 19.4 Å². The molecule has 0 saturated heterocycles. The Morgan fingerprint density at radius 3 is 2.73 bits per heavy atom. The van der Waals surface area contributed by atoms with Gasteiger partial charge in [-0.15, -0.1) is 0 Å². The van der Waals surface area contributed by atoms with Crippen molar-refractivity contribution in [1.29, 1.82) is 0 Å². The second-order valence-corrected chi connectivity index (χ2v) is 5.04. The van der Waals surface area contributed by atoms with Crippen LogP contribution in [0.15, 0.2) is 48.5 Å². The van der Waals surface area contributed by atoms with Gasteiger partial charge in [0.05, 0.1) is 0 Å². The molecule has 1 atom stereocenters. The van der Waals surface area contributed by atoms with E-state index in [0.29, 0.717) is 18.5 Å². The Balaban J connectivity index is 1.51. The highest BCUT2D eigenvalue weighted by Crippen LogP contribution is 2.32. The van der Waals surface area contributed by atoms with Crippen LogP contribution in [0.25, 0.3) is 0 Å². The van der Waals surface area contributed by atoms with Crippen LogP contribution in [-0.2, 0) is 11.2 Å². The molecular weight excluding hydrogens is 282 g/mol. The Labute approximate surface area is 128 Å². The number of amides is 1. The van der Waals surface area contributed by atoms with Gasteiger partial charge in [0, 0.05) is 6.54 Å². The molecule has 2 aromatic rings. The number of ether oxygens (including phenoxy) is 2. The van der Waals surface area contributed by atoms with Crippen LogP contribution in [0.2, 0.25) is 0 Å². The third kappa shape index (κ3) is 3.20. The smallest absolute Gasteiger partial charge is 0.253 e. The molecule has 1 aliphatic heterocycles. The van der Waals surface area contributed by atoms with Crippen LogP contribution in [0, 0.1) is 0 Å². The van der Waals surface area contributed by atoms with Gasteiger partial charge < -0.3 is 19.9 Å². The summed E-state index contributed by atoms with van der Waals surface area (Å²) in [5.74, 6) is 1.08. The number of aliphatic hydroxyl groups is 1. The lowest BCUT2D eigenvalue weighted by Crippen LogP contribution is -2.30. The molecule has 1 heterocycles. The molecule has 1 aliphatic rings. The van der Waals surface area contributed by atoms with Gasteiger partial charge in [-0.1, -0.05) is 36.4 Å². The first kappa shape index (κ1) is 14.4. The average Bonchev–Trinajstić information content (AvgIpc) is 3.02. The molecule has 0 saturated carbocycles. The molecule has 0 radical (unpaired) electrons. The van der Waals surface area contributed by atoms with E-state index in [1.807, 2.05) is 24.3 Å². The number of benzene rings is 2. The lowest BCUT2D eigenvalue weighted by atomic mass is 10.1. The average molecular weight is 299 g/mol. The lowest BCUT2D eigenvalue weighted by Gasteiger charge is -2.11. The fourth-order valence-electron chi connectivity index (χ4n) is 2.31. The predicted octanol–water partition coefficient (Wildman–Crippen LogP) is 1.81. The van der Waals surface area contributed by atoms with E-state index in [2.05, 4.69) is 5.32 Å². The third-order valence-electron chi connectivity index (χ3n) is 3.51. The van der Waals surface area contributed by atoms with Crippen molar-refractivity contribution in [2.75, 3.05) is 13.3 Å². The van der Waals surface area contributed by atoms with Crippen LogP contribution in [0.4, 0.5) is 0 Å². The van der Waals surface area contributed by atoms with Crippen LogP contribution in [0.3, 0.4) is 0 Å². The number of carbonyl (C=O) groups is 1. The quantitative estimate of drug-likeness (QED) is 0.883. The number of carbonyl (C=O) groups excluding carboxylic acids is 1. The Bertz CT molecular complexity index is 657. The number of nitrogens with one attached hydrogen (secondary N) is 1. The Kier molecular flexibility index (Phi) is 4.25. The second kappa shape index (κ2) is 6.49. The largest absolute Gasteiger partial charge is 0.454 e. The number of hydrogen-bond donors (Lipinski definition) is 2. The summed E-state index contributed by atoms with van der Waals surface area (Å²) < 4.78 is 10.6. The molecule has 22 heavy (non-hydrogen) atoms. The Hall–Kier alpha value is -2.53. The topological polar surface area (TPSA) is 67.8 Å². The van der Waals surface area contributed by atoms with E-state index in [1.54, 1.807) is 24.3 Å². The van der Waals surface area contributed by atoms with Gasteiger partial charge in [0.1, 0.15) is 0 Å². The van der Waals surface area contributed by atoms with Crippen molar-refractivity contribution in [3.05, 3.63) is 59.7 Å².